The van der Waals surface area contributed by atoms with E-state index in [2.05, 4.69) is 10.4 Å². The summed E-state index contributed by atoms with van der Waals surface area (Å²) in [6.45, 7) is 1.96. The van der Waals surface area contributed by atoms with Crippen molar-refractivity contribution in [3.05, 3.63) is 48.0 Å². The number of benzene rings is 1. The Bertz CT molecular complexity index is 620. The molecule has 0 aliphatic heterocycles. The fourth-order valence-electron chi connectivity index (χ4n) is 2.33. The number of rotatable bonds is 4. The van der Waals surface area contributed by atoms with Crippen LogP contribution in [0.3, 0.4) is 0 Å². The Morgan fingerprint density at radius 3 is 2.90 bits per heavy atom. The number of nitrogens with one attached hydrogen (secondary N) is 1. The van der Waals surface area contributed by atoms with Crippen LogP contribution in [-0.2, 0) is 0 Å². The molecular formula is C15H16FN3O. The van der Waals surface area contributed by atoms with Crippen molar-refractivity contribution >= 4 is 5.91 Å². The van der Waals surface area contributed by atoms with E-state index in [-0.39, 0.29) is 17.5 Å². The summed E-state index contributed by atoms with van der Waals surface area (Å²) >= 11 is 0. The second-order valence-corrected chi connectivity index (χ2v) is 5.18. The maximum Gasteiger partial charge on any atom is 0.256 e. The second kappa shape index (κ2) is 5.07. The summed E-state index contributed by atoms with van der Waals surface area (Å²) in [7, 11) is 0. The highest BCUT2D eigenvalue weighted by atomic mass is 19.1. The van der Waals surface area contributed by atoms with Gasteiger partial charge >= 0.3 is 0 Å². The van der Waals surface area contributed by atoms with E-state index in [4.69, 9.17) is 0 Å². The summed E-state index contributed by atoms with van der Waals surface area (Å²) in [6, 6.07) is 6.37. The van der Waals surface area contributed by atoms with E-state index in [1.54, 1.807) is 30.6 Å². The number of aromatic nitrogens is 2. The minimum atomic E-state index is -0.529. The number of carbonyl (C=O) groups excluding carboxylic acids is 1. The van der Waals surface area contributed by atoms with E-state index < -0.39 is 5.82 Å². The van der Waals surface area contributed by atoms with Gasteiger partial charge in [0.2, 0.25) is 0 Å². The number of hydrogen-bond donors (Lipinski definition) is 1. The summed E-state index contributed by atoms with van der Waals surface area (Å²) < 4.78 is 15.6. The maximum absolute atomic E-state index is 14.1. The number of nitrogens with zero attached hydrogens (tertiary/aromatic N) is 2. The van der Waals surface area contributed by atoms with E-state index in [0.29, 0.717) is 11.6 Å². The Kier molecular flexibility index (Phi) is 3.26. The number of hydrogen-bond acceptors (Lipinski definition) is 2. The molecule has 104 valence electrons. The highest BCUT2D eigenvalue weighted by Gasteiger charge is 2.30. The quantitative estimate of drug-likeness (QED) is 0.930. The van der Waals surface area contributed by atoms with Gasteiger partial charge in [-0.1, -0.05) is 6.07 Å². The fraction of sp³-hybridized carbons (Fsp3) is 0.333. The topological polar surface area (TPSA) is 46.9 Å². The van der Waals surface area contributed by atoms with Crippen molar-refractivity contribution in [3.63, 3.8) is 0 Å². The highest BCUT2D eigenvalue weighted by molar-refractivity contribution is 5.98. The zero-order valence-electron chi connectivity index (χ0n) is 11.2. The Balaban J connectivity index is 1.93. The van der Waals surface area contributed by atoms with Crippen molar-refractivity contribution in [2.24, 2.45) is 5.92 Å². The molecule has 0 radical (unpaired) electrons. The Morgan fingerprint density at radius 1 is 1.45 bits per heavy atom. The second-order valence-electron chi connectivity index (χ2n) is 5.18. The van der Waals surface area contributed by atoms with E-state index >= 15 is 0 Å². The van der Waals surface area contributed by atoms with E-state index in [1.807, 2.05) is 6.92 Å². The van der Waals surface area contributed by atoms with E-state index in [9.17, 15) is 9.18 Å². The lowest BCUT2D eigenvalue weighted by molar-refractivity contribution is 0.0931. The molecule has 3 rings (SSSR count). The van der Waals surface area contributed by atoms with Crippen LogP contribution in [0.15, 0.2) is 36.7 Å². The first-order valence-corrected chi connectivity index (χ1v) is 6.76. The van der Waals surface area contributed by atoms with Crippen LogP contribution in [0.25, 0.3) is 5.69 Å². The van der Waals surface area contributed by atoms with Crippen LogP contribution in [0, 0.1) is 11.7 Å². The number of carbonyl (C=O) groups is 1. The van der Waals surface area contributed by atoms with Gasteiger partial charge in [0.05, 0.1) is 5.69 Å². The molecule has 1 fully saturated rings. The lowest BCUT2D eigenvalue weighted by atomic mass is 10.1. The van der Waals surface area contributed by atoms with Gasteiger partial charge in [0, 0.05) is 18.4 Å². The molecule has 1 aromatic heterocycles. The van der Waals surface area contributed by atoms with E-state index in [1.165, 1.54) is 10.7 Å². The van der Waals surface area contributed by atoms with Crippen LogP contribution >= 0.6 is 0 Å². The highest BCUT2D eigenvalue weighted by Crippen LogP contribution is 2.32. The molecule has 1 heterocycles. The molecule has 0 bridgehead atoms. The standard InChI is InChI=1S/C15H16FN3O/c1-10(11-6-7-11)18-15(20)14-12(16)4-2-5-13(14)19-9-3-8-17-19/h2-5,8-11H,6-7H2,1H3,(H,18,20)/t10-/m0/s1. The lowest BCUT2D eigenvalue weighted by Crippen LogP contribution is -2.35. The monoisotopic (exact) mass is 273 g/mol. The first kappa shape index (κ1) is 12.8. The molecule has 0 spiro atoms. The molecule has 1 aromatic carbocycles. The molecule has 1 aliphatic rings. The number of amides is 1. The van der Waals surface area contributed by atoms with Gasteiger partial charge in [-0.3, -0.25) is 4.79 Å². The molecule has 20 heavy (non-hydrogen) atoms. The van der Waals surface area contributed by atoms with Crippen LogP contribution in [0.1, 0.15) is 30.1 Å². The first-order valence-electron chi connectivity index (χ1n) is 6.76. The maximum atomic E-state index is 14.1. The average Bonchev–Trinajstić information content (AvgIpc) is 3.14. The number of halogens is 1. The molecule has 0 saturated heterocycles. The van der Waals surface area contributed by atoms with Crippen molar-refractivity contribution in [1.29, 1.82) is 0 Å². The molecule has 1 atom stereocenters. The minimum Gasteiger partial charge on any atom is -0.349 e. The normalized spacial score (nSPS) is 15.9. The smallest absolute Gasteiger partial charge is 0.256 e. The molecule has 1 aliphatic carbocycles. The van der Waals surface area contributed by atoms with E-state index in [0.717, 1.165) is 12.8 Å². The van der Waals surface area contributed by atoms with Crippen LogP contribution in [-0.4, -0.2) is 21.7 Å². The van der Waals surface area contributed by atoms with Crippen molar-refractivity contribution in [1.82, 2.24) is 15.1 Å². The summed E-state index contributed by atoms with van der Waals surface area (Å²) in [5, 5.41) is 6.95. The van der Waals surface area contributed by atoms with Crippen LogP contribution in [0.2, 0.25) is 0 Å². The SMILES string of the molecule is C[C@H](NC(=O)c1c(F)cccc1-n1cccn1)C1CC1. The molecule has 1 N–H and O–H groups in total. The molecule has 4 nitrogen and oxygen atoms in total. The zero-order chi connectivity index (χ0) is 14.1. The van der Waals surface area contributed by atoms with Gasteiger partial charge in [0.15, 0.2) is 0 Å². The van der Waals surface area contributed by atoms with Gasteiger partial charge in [0.25, 0.3) is 5.91 Å². The largest absolute Gasteiger partial charge is 0.349 e. The van der Waals surface area contributed by atoms with Gasteiger partial charge < -0.3 is 5.32 Å². The summed E-state index contributed by atoms with van der Waals surface area (Å²) in [5.41, 5.74) is 0.499. The third kappa shape index (κ3) is 2.43. The van der Waals surface area contributed by atoms with Crippen LogP contribution in [0.4, 0.5) is 4.39 Å². The molecule has 1 saturated carbocycles. The van der Waals surface area contributed by atoms with Gasteiger partial charge in [-0.05, 0) is 43.9 Å². The molecule has 1 amide bonds. The summed E-state index contributed by atoms with van der Waals surface area (Å²) in [6.07, 6.45) is 5.55. The molecular weight excluding hydrogens is 257 g/mol. The molecule has 5 heteroatoms. The zero-order valence-corrected chi connectivity index (χ0v) is 11.2. The predicted molar refractivity (Wildman–Crippen MR) is 73.2 cm³/mol. The van der Waals surface area contributed by atoms with Gasteiger partial charge in [-0.2, -0.15) is 5.10 Å². The van der Waals surface area contributed by atoms with Crippen molar-refractivity contribution in [2.75, 3.05) is 0 Å². The third-order valence-corrected chi connectivity index (χ3v) is 3.66. The molecule has 0 unspecified atom stereocenters. The Labute approximate surface area is 116 Å². The van der Waals surface area contributed by atoms with Crippen molar-refractivity contribution < 1.29 is 9.18 Å². The third-order valence-electron chi connectivity index (χ3n) is 3.66. The first-order chi connectivity index (χ1) is 9.66. The lowest BCUT2D eigenvalue weighted by Gasteiger charge is -2.15. The van der Waals surface area contributed by atoms with Crippen LogP contribution < -0.4 is 5.32 Å². The minimum absolute atomic E-state index is 0.0451. The summed E-state index contributed by atoms with van der Waals surface area (Å²) in [4.78, 5) is 12.3. The van der Waals surface area contributed by atoms with Crippen LogP contribution in [0.5, 0.6) is 0 Å². The fourth-order valence-corrected chi connectivity index (χ4v) is 2.33. The molecule has 2 aromatic rings. The van der Waals surface area contributed by atoms with Gasteiger partial charge in [0.1, 0.15) is 11.4 Å². The van der Waals surface area contributed by atoms with Crippen molar-refractivity contribution in [3.8, 4) is 5.69 Å². The predicted octanol–water partition coefficient (Wildman–Crippen LogP) is 2.54. The Hall–Kier alpha value is -2.17. The Morgan fingerprint density at radius 2 is 2.25 bits per heavy atom. The van der Waals surface area contributed by atoms with Gasteiger partial charge in [-0.25, -0.2) is 9.07 Å². The average molecular weight is 273 g/mol. The van der Waals surface area contributed by atoms with Crippen molar-refractivity contribution in [2.45, 2.75) is 25.8 Å². The van der Waals surface area contributed by atoms with Gasteiger partial charge in [-0.15, -0.1) is 0 Å². The summed E-state index contributed by atoms with van der Waals surface area (Å²) in [5.74, 6) is -0.384.